The first kappa shape index (κ1) is 8.97. The van der Waals surface area contributed by atoms with Gasteiger partial charge in [-0.25, -0.2) is 4.98 Å². The minimum atomic E-state index is 0.955. The average Bonchev–Trinajstić information content (AvgIpc) is 2.58. The maximum absolute atomic E-state index is 4.27. The van der Waals surface area contributed by atoms with Gasteiger partial charge < -0.3 is 4.90 Å². The second kappa shape index (κ2) is 3.64. The molecule has 0 amide bonds. The van der Waals surface area contributed by atoms with Crippen molar-refractivity contribution in [3.63, 3.8) is 0 Å². The third-order valence-corrected chi connectivity index (χ3v) is 4.32. The maximum atomic E-state index is 4.27. The summed E-state index contributed by atoms with van der Waals surface area (Å²) in [6, 6.07) is 0. The number of hydrogen-bond donors (Lipinski definition) is 0. The third-order valence-electron chi connectivity index (χ3n) is 1.94. The number of rotatable bonds is 1. The van der Waals surface area contributed by atoms with Crippen molar-refractivity contribution in [2.75, 3.05) is 18.0 Å². The highest BCUT2D eigenvalue weighted by molar-refractivity contribution is 9.11. The Hall–Kier alpha value is 0.390. The van der Waals surface area contributed by atoms with E-state index in [4.69, 9.17) is 0 Å². The predicted molar refractivity (Wildman–Crippen MR) is 59.0 cm³/mol. The van der Waals surface area contributed by atoms with E-state index in [1.807, 2.05) is 0 Å². The molecule has 1 saturated heterocycles. The minimum absolute atomic E-state index is 0.955. The Bertz CT molecular complexity index is 281. The molecule has 12 heavy (non-hydrogen) atoms. The van der Waals surface area contributed by atoms with Crippen LogP contribution in [0, 0.1) is 0 Å². The Morgan fingerprint density at radius 1 is 1.25 bits per heavy atom. The van der Waals surface area contributed by atoms with E-state index in [9.17, 15) is 0 Å². The van der Waals surface area contributed by atoms with Crippen molar-refractivity contribution in [1.82, 2.24) is 4.98 Å². The molecule has 1 aromatic heterocycles. The van der Waals surface area contributed by atoms with Crippen molar-refractivity contribution in [2.45, 2.75) is 12.8 Å². The van der Waals surface area contributed by atoms with Gasteiger partial charge in [-0.15, -0.1) is 0 Å². The highest BCUT2D eigenvalue weighted by Crippen LogP contribution is 2.36. The summed E-state index contributed by atoms with van der Waals surface area (Å²) in [4.78, 5) is 6.65. The fraction of sp³-hybridized carbons (Fsp3) is 0.571. The van der Waals surface area contributed by atoms with Gasteiger partial charge in [0.05, 0.1) is 0 Å². The molecule has 66 valence electrons. The highest BCUT2D eigenvalue weighted by Gasteiger charge is 2.18. The molecule has 5 heteroatoms. The van der Waals surface area contributed by atoms with Crippen LogP contribution in [0.1, 0.15) is 12.8 Å². The van der Waals surface area contributed by atoms with Crippen LogP contribution in [0.25, 0.3) is 0 Å². The van der Waals surface area contributed by atoms with E-state index in [-0.39, 0.29) is 0 Å². The molecule has 0 spiro atoms. The van der Waals surface area contributed by atoms with Gasteiger partial charge in [0.2, 0.25) is 0 Å². The average molecular weight is 312 g/mol. The molecule has 0 bridgehead atoms. The lowest BCUT2D eigenvalue weighted by Crippen LogP contribution is -2.16. The Balaban J connectivity index is 2.25. The molecule has 0 N–H and O–H groups in total. The van der Waals surface area contributed by atoms with E-state index in [0.29, 0.717) is 0 Å². The van der Waals surface area contributed by atoms with Crippen LogP contribution in [0.15, 0.2) is 8.52 Å². The van der Waals surface area contributed by atoms with Gasteiger partial charge in [0, 0.05) is 13.1 Å². The molecule has 0 radical (unpaired) electrons. The topological polar surface area (TPSA) is 16.1 Å². The fourth-order valence-electron chi connectivity index (χ4n) is 1.38. The second-order valence-corrected chi connectivity index (χ2v) is 5.76. The zero-order valence-corrected chi connectivity index (χ0v) is 10.4. The van der Waals surface area contributed by atoms with Crippen molar-refractivity contribution in [3.05, 3.63) is 8.52 Å². The minimum Gasteiger partial charge on any atom is -0.361 e. The van der Waals surface area contributed by atoms with Gasteiger partial charge in [0.15, 0.2) is 3.92 Å². The predicted octanol–water partition coefficient (Wildman–Crippen LogP) is 3.27. The SMILES string of the molecule is Brc1nc(Br)c(N2CCCC2)s1. The zero-order chi connectivity index (χ0) is 8.55. The maximum Gasteiger partial charge on any atom is 0.162 e. The van der Waals surface area contributed by atoms with Gasteiger partial charge in [0.25, 0.3) is 0 Å². The molecule has 2 heterocycles. The van der Waals surface area contributed by atoms with Gasteiger partial charge >= 0.3 is 0 Å². The van der Waals surface area contributed by atoms with E-state index < -0.39 is 0 Å². The first-order chi connectivity index (χ1) is 5.77. The summed E-state index contributed by atoms with van der Waals surface area (Å²) in [5, 5.41) is 1.26. The number of nitrogens with zero attached hydrogens (tertiary/aromatic N) is 2. The highest BCUT2D eigenvalue weighted by atomic mass is 79.9. The first-order valence-electron chi connectivity index (χ1n) is 3.84. The molecule has 1 aromatic rings. The first-order valence-corrected chi connectivity index (χ1v) is 6.24. The lowest BCUT2D eigenvalue weighted by Gasteiger charge is -2.13. The molecule has 0 atom stereocenters. The molecule has 1 aliphatic rings. The van der Waals surface area contributed by atoms with Crippen LogP contribution in [-0.2, 0) is 0 Å². The van der Waals surface area contributed by atoms with Crippen LogP contribution >= 0.6 is 43.2 Å². The Kier molecular flexibility index (Phi) is 2.72. The van der Waals surface area contributed by atoms with Gasteiger partial charge in [-0.2, -0.15) is 0 Å². The summed E-state index contributed by atoms with van der Waals surface area (Å²) in [5.41, 5.74) is 0. The largest absolute Gasteiger partial charge is 0.361 e. The fourth-order valence-corrected chi connectivity index (χ4v) is 3.79. The molecule has 0 unspecified atom stereocenters. The van der Waals surface area contributed by atoms with Crippen molar-refractivity contribution in [2.24, 2.45) is 0 Å². The zero-order valence-electron chi connectivity index (χ0n) is 6.39. The van der Waals surface area contributed by atoms with E-state index in [1.54, 1.807) is 11.3 Å². The van der Waals surface area contributed by atoms with Crippen molar-refractivity contribution < 1.29 is 0 Å². The van der Waals surface area contributed by atoms with E-state index in [1.165, 1.54) is 30.9 Å². The molecule has 1 aliphatic heterocycles. The monoisotopic (exact) mass is 310 g/mol. The molecule has 2 rings (SSSR count). The summed E-state index contributed by atoms with van der Waals surface area (Å²) in [6.07, 6.45) is 2.61. The normalized spacial score (nSPS) is 17.3. The number of anilines is 1. The second-order valence-electron chi connectivity index (χ2n) is 2.76. The molecule has 0 saturated carbocycles. The molecule has 0 aromatic carbocycles. The third kappa shape index (κ3) is 1.67. The standard InChI is InChI=1S/C7H8Br2N2S/c8-5-6(12-7(9)10-5)11-3-1-2-4-11/h1-4H2. The summed E-state index contributed by atoms with van der Waals surface area (Å²) in [5.74, 6) is 0. The van der Waals surface area contributed by atoms with Gasteiger partial charge in [-0.1, -0.05) is 11.3 Å². The van der Waals surface area contributed by atoms with E-state index in [2.05, 4.69) is 41.7 Å². The molecular weight excluding hydrogens is 304 g/mol. The van der Waals surface area contributed by atoms with Crippen LogP contribution in [0.2, 0.25) is 0 Å². The summed E-state index contributed by atoms with van der Waals surface area (Å²) < 4.78 is 1.93. The van der Waals surface area contributed by atoms with E-state index >= 15 is 0 Å². The van der Waals surface area contributed by atoms with Crippen LogP contribution in [0.4, 0.5) is 5.00 Å². The van der Waals surface area contributed by atoms with Crippen molar-refractivity contribution >= 4 is 48.2 Å². The lowest BCUT2D eigenvalue weighted by molar-refractivity contribution is 0.949. The smallest absolute Gasteiger partial charge is 0.162 e. The van der Waals surface area contributed by atoms with Crippen molar-refractivity contribution in [3.8, 4) is 0 Å². The van der Waals surface area contributed by atoms with Crippen LogP contribution < -0.4 is 4.90 Å². The molecular formula is C7H8Br2N2S. The lowest BCUT2D eigenvalue weighted by atomic mass is 10.4. The van der Waals surface area contributed by atoms with Crippen LogP contribution in [0.3, 0.4) is 0 Å². The number of hydrogen-bond acceptors (Lipinski definition) is 3. The van der Waals surface area contributed by atoms with Crippen LogP contribution in [-0.4, -0.2) is 18.1 Å². The van der Waals surface area contributed by atoms with Gasteiger partial charge in [-0.05, 0) is 44.7 Å². The Labute approximate surface area is 92.2 Å². The molecule has 2 nitrogen and oxygen atoms in total. The van der Waals surface area contributed by atoms with Crippen molar-refractivity contribution in [1.29, 1.82) is 0 Å². The van der Waals surface area contributed by atoms with Gasteiger partial charge in [-0.3, -0.25) is 0 Å². The molecule has 0 aliphatic carbocycles. The quantitative estimate of drug-likeness (QED) is 0.791. The molecule has 1 fully saturated rings. The Morgan fingerprint density at radius 2 is 1.92 bits per heavy atom. The van der Waals surface area contributed by atoms with Crippen LogP contribution in [0.5, 0.6) is 0 Å². The number of thiazole rings is 1. The van der Waals surface area contributed by atoms with E-state index in [0.717, 1.165) is 8.52 Å². The summed E-state index contributed by atoms with van der Waals surface area (Å²) in [6.45, 7) is 2.35. The number of halogens is 2. The number of aromatic nitrogens is 1. The summed E-state index contributed by atoms with van der Waals surface area (Å²) in [7, 11) is 0. The summed E-state index contributed by atoms with van der Waals surface area (Å²) >= 11 is 8.53. The Morgan fingerprint density at radius 3 is 2.42 bits per heavy atom. The van der Waals surface area contributed by atoms with Gasteiger partial charge in [0.1, 0.15) is 9.60 Å².